The minimum Gasteiger partial charge on any atom is -0.496 e. The molecule has 1 N–H and O–H groups in total. The van der Waals surface area contributed by atoms with Crippen molar-refractivity contribution in [2.45, 2.75) is 38.2 Å². The molecule has 6 nitrogen and oxygen atoms in total. The van der Waals surface area contributed by atoms with Crippen LogP contribution < -0.4 is 15.0 Å². The highest BCUT2D eigenvalue weighted by molar-refractivity contribution is 5.93. The minimum atomic E-state index is -2.87. The van der Waals surface area contributed by atoms with Gasteiger partial charge < -0.3 is 15.0 Å². The third kappa shape index (κ3) is 4.95. The lowest BCUT2D eigenvalue weighted by atomic mass is 9.87. The lowest BCUT2D eigenvalue weighted by Crippen LogP contribution is -2.33. The number of methoxy groups -OCH3 is 1. The Labute approximate surface area is 214 Å². The molecule has 4 aromatic rings. The van der Waals surface area contributed by atoms with E-state index in [2.05, 4.69) is 26.4 Å². The van der Waals surface area contributed by atoms with Gasteiger partial charge in [-0.15, -0.1) is 0 Å². The molecule has 0 bridgehead atoms. The molecule has 2 aromatic heterocycles. The van der Waals surface area contributed by atoms with Crippen molar-refractivity contribution in [3.63, 3.8) is 0 Å². The SMILES string of the molecule is COc1cc2nccc(N[C@H](C)c3cccc(C(F)F)c3F)c2cc1C1CCN(c2ccn(C)n2)CC1. The van der Waals surface area contributed by atoms with Crippen molar-refractivity contribution < 1.29 is 17.9 Å². The van der Waals surface area contributed by atoms with Crippen molar-refractivity contribution in [3.8, 4) is 5.75 Å². The van der Waals surface area contributed by atoms with Crippen LogP contribution in [-0.2, 0) is 7.05 Å². The Morgan fingerprint density at radius 1 is 1.08 bits per heavy atom. The summed E-state index contributed by atoms with van der Waals surface area (Å²) in [5, 5.41) is 8.72. The highest BCUT2D eigenvalue weighted by Gasteiger charge is 2.26. The van der Waals surface area contributed by atoms with Crippen LogP contribution in [0.25, 0.3) is 10.9 Å². The van der Waals surface area contributed by atoms with Crippen LogP contribution >= 0.6 is 0 Å². The molecule has 0 saturated carbocycles. The number of ether oxygens (including phenoxy) is 1. The van der Waals surface area contributed by atoms with Gasteiger partial charge in [-0.1, -0.05) is 18.2 Å². The standard InChI is InChI=1S/C28H30F3N5O/c1-17(19-5-4-6-20(27(19)29)28(30)31)33-23-7-11-32-24-16-25(37-3)21(15-22(23)24)18-8-13-36(14-9-18)26-10-12-35(2)34-26/h4-7,10-12,15-18,28H,8-9,13-14H2,1-3H3,(H,32,33)/t17-/m1/s1. The maximum Gasteiger partial charge on any atom is 0.266 e. The third-order valence-electron chi connectivity index (χ3n) is 7.18. The van der Waals surface area contributed by atoms with Gasteiger partial charge >= 0.3 is 0 Å². The summed E-state index contributed by atoms with van der Waals surface area (Å²) >= 11 is 0. The zero-order chi connectivity index (χ0) is 26.1. The molecule has 5 rings (SSSR count). The Hall–Kier alpha value is -3.75. The molecule has 1 saturated heterocycles. The number of pyridine rings is 1. The number of rotatable bonds is 7. The van der Waals surface area contributed by atoms with Crippen LogP contribution in [0.3, 0.4) is 0 Å². The van der Waals surface area contributed by atoms with Crippen molar-refractivity contribution in [1.82, 2.24) is 14.8 Å². The number of alkyl halides is 2. The molecular weight excluding hydrogens is 479 g/mol. The van der Waals surface area contributed by atoms with E-state index in [1.165, 1.54) is 12.1 Å². The number of aromatic nitrogens is 3. The van der Waals surface area contributed by atoms with Gasteiger partial charge in [0.05, 0.1) is 24.2 Å². The second-order valence-electron chi connectivity index (χ2n) is 9.50. The van der Waals surface area contributed by atoms with Gasteiger partial charge in [-0.05, 0) is 43.4 Å². The second-order valence-corrected chi connectivity index (χ2v) is 9.50. The normalized spacial score (nSPS) is 15.4. The number of nitrogens with zero attached hydrogens (tertiary/aromatic N) is 4. The van der Waals surface area contributed by atoms with Crippen LogP contribution in [-0.4, -0.2) is 35.0 Å². The van der Waals surface area contributed by atoms with Crippen LogP contribution in [0.2, 0.25) is 0 Å². The fraction of sp³-hybridized carbons (Fsp3) is 0.357. The summed E-state index contributed by atoms with van der Waals surface area (Å²) in [6, 6.07) is 11.5. The van der Waals surface area contributed by atoms with E-state index in [1.54, 1.807) is 20.2 Å². The number of benzene rings is 2. The van der Waals surface area contributed by atoms with Crippen LogP contribution in [0.4, 0.5) is 24.7 Å². The van der Waals surface area contributed by atoms with Crippen molar-refractivity contribution in [3.05, 3.63) is 77.4 Å². The lowest BCUT2D eigenvalue weighted by molar-refractivity contribution is 0.146. The Kier molecular flexibility index (Phi) is 6.95. The number of aryl methyl sites for hydroxylation is 1. The maximum absolute atomic E-state index is 14.8. The monoisotopic (exact) mass is 509 g/mol. The van der Waals surface area contributed by atoms with E-state index in [0.29, 0.717) is 5.92 Å². The molecule has 194 valence electrons. The lowest BCUT2D eigenvalue weighted by Gasteiger charge is -2.33. The fourth-order valence-corrected chi connectivity index (χ4v) is 5.19. The molecule has 0 spiro atoms. The van der Waals surface area contributed by atoms with E-state index in [-0.39, 0.29) is 5.56 Å². The van der Waals surface area contributed by atoms with Gasteiger partial charge in [-0.2, -0.15) is 5.10 Å². The molecule has 3 heterocycles. The zero-order valence-electron chi connectivity index (χ0n) is 21.1. The number of piperidine rings is 1. The second kappa shape index (κ2) is 10.3. The molecule has 0 amide bonds. The van der Waals surface area contributed by atoms with Crippen LogP contribution in [0.5, 0.6) is 5.75 Å². The van der Waals surface area contributed by atoms with Gasteiger partial charge in [0.1, 0.15) is 11.6 Å². The first kappa shape index (κ1) is 24.9. The van der Waals surface area contributed by atoms with Crippen LogP contribution in [0.15, 0.2) is 54.9 Å². The van der Waals surface area contributed by atoms with Crippen LogP contribution in [0.1, 0.15) is 54.8 Å². The molecule has 2 aromatic carbocycles. The number of hydrogen-bond acceptors (Lipinski definition) is 5. The van der Waals surface area contributed by atoms with Gasteiger partial charge in [-0.25, -0.2) is 13.2 Å². The summed E-state index contributed by atoms with van der Waals surface area (Å²) in [4.78, 5) is 6.81. The van der Waals surface area contributed by atoms with Crippen molar-refractivity contribution >= 4 is 22.4 Å². The Balaban J connectivity index is 1.43. The smallest absolute Gasteiger partial charge is 0.266 e. The van der Waals surface area contributed by atoms with Crippen LogP contribution in [0, 0.1) is 5.82 Å². The first-order chi connectivity index (χ1) is 17.9. The minimum absolute atomic E-state index is 0.193. The predicted octanol–water partition coefficient (Wildman–Crippen LogP) is 6.61. The van der Waals surface area contributed by atoms with Gasteiger partial charge in [-0.3, -0.25) is 9.67 Å². The zero-order valence-corrected chi connectivity index (χ0v) is 21.1. The average Bonchev–Trinajstić information content (AvgIpc) is 3.34. The van der Waals surface area contributed by atoms with E-state index >= 15 is 0 Å². The Morgan fingerprint density at radius 3 is 2.51 bits per heavy atom. The van der Waals surface area contributed by atoms with Gasteiger partial charge in [0.25, 0.3) is 6.43 Å². The summed E-state index contributed by atoms with van der Waals surface area (Å²) in [5.74, 6) is 1.19. The number of hydrogen-bond donors (Lipinski definition) is 1. The van der Waals surface area contributed by atoms with E-state index < -0.39 is 23.8 Å². The Morgan fingerprint density at radius 2 is 1.84 bits per heavy atom. The van der Waals surface area contributed by atoms with Gasteiger partial charge in [0, 0.05) is 61.3 Å². The predicted molar refractivity (Wildman–Crippen MR) is 139 cm³/mol. The number of anilines is 2. The molecule has 9 heteroatoms. The molecule has 0 radical (unpaired) electrons. The molecule has 0 unspecified atom stereocenters. The van der Waals surface area contributed by atoms with Crippen molar-refractivity contribution in [1.29, 1.82) is 0 Å². The molecule has 1 fully saturated rings. The summed E-state index contributed by atoms with van der Waals surface area (Å²) in [6.07, 6.45) is 2.65. The molecule has 1 atom stereocenters. The summed E-state index contributed by atoms with van der Waals surface area (Å²) in [7, 11) is 3.58. The number of fused-ring (bicyclic) bond motifs is 1. The molecule has 37 heavy (non-hydrogen) atoms. The summed E-state index contributed by atoms with van der Waals surface area (Å²) < 4.78 is 48.8. The number of nitrogens with one attached hydrogen (secondary N) is 1. The van der Waals surface area contributed by atoms with Crippen molar-refractivity contribution in [2.75, 3.05) is 30.4 Å². The highest BCUT2D eigenvalue weighted by Crippen LogP contribution is 2.39. The molecular formula is C28H30F3N5O. The largest absolute Gasteiger partial charge is 0.496 e. The summed E-state index contributed by atoms with van der Waals surface area (Å²) in [5.41, 5.74) is 2.21. The molecule has 0 aliphatic carbocycles. The summed E-state index contributed by atoms with van der Waals surface area (Å²) in [6.45, 7) is 3.54. The van der Waals surface area contributed by atoms with E-state index in [9.17, 15) is 13.2 Å². The topological polar surface area (TPSA) is 55.2 Å². The third-order valence-corrected chi connectivity index (χ3v) is 7.18. The quantitative estimate of drug-likeness (QED) is 0.304. The first-order valence-corrected chi connectivity index (χ1v) is 12.4. The average molecular weight is 510 g/mol. The van der Waals surface area contributed by atoms with Gasteiger partial charge in [0.15, 0.2) is 5.82 Å². The molecule has 1 aliphatic heterocycles. The maximum atomic E-state index is 14.8. The van der Waals surface area contributed by atoms with E-state index in [1.807, 2.05) is 36.1 Å². The van der Waals surface area contributed by atoms with E-state index in [4.69, 9.17) is 4.74 Å². The van der Waals surface area contributed by atoms with Gasteiger partial charge in [0.2, 0.25) is 0 Å². The highest BCUT2D eigenvalue weighted by atomic mass is 19.3. The number of halogens is 3. The van der Waals surface area contributed by atoms with E-state index in [0.717, 1.165) is 65.7 Å². The van der Waals surface area contributed by atoms with Crippen molar-refractivity contribution in [2.24, 2.45) is 7.05 Å². The Bertz CT molecular complexity index is 1400. The molecule has 1 aliphatic rings. The fourth-order valence-electron chi connectivity index (χ4n) is 5.19. The first-order valence-electron chi connectivity index (χ1n) is 12.4.